The third kappa shape index (κ3) is 6.87. The first-order valence-corrected chi connectivity index (χ1v) is 15.8. The van der Waals surface area contributed by atoms with Gasteiger partial charge in [-0.05, 0) is 86.8 Å². The highest BCUT2D eigenvalue weighted by Gasteiger charge is 2.39. The summed E-state index contributed by atoms with van der Waals surface area (Å²) in [7, 11) is 0. The average Bonchev–Trinajstić information content (AvgIpc) is 3.88. The van der Waals surface area contributed by atoms with Gasteiger partial charge < -0.3 is 29.9 Å². The van der Waals surface area contributed by atoms with Gasteiger partial charge in [0.2, 0.25) is 11.8 Å². The Bertz CT molecular complexity index is 1270. The molecule has 0 saturated carbocycles. The zero-order chi connectivity index (χ0) is 30.5. The summed E-state index contributed by atoms with van der Waals surface area (Å²) in [6.07, 6.45) is 9.26. The van der Waals surface area contributed by atoms with Crippen molar-refractivity contribution in [2.45, 2.75) is 75.7 Å². The molecule has 4 aliphatic rings. The SMILES string of the molecule is O=C(Nc1ccc(/C=C/c2ccc(NC(=O)[C@@H]3CCCN3C(=O)[C@H]3CCCO3)cc2)cc1)[C@@H]1CCCN1C(=O)[C@H]1CCCO1. The number of carbonyl (C=O) groups is 4. The Morgan fingerprint density at radius 2 is 1.00 bits per heavy atom. The van der Waals surface area contributed by atoms with E-state index in [2.05, 4.69) is 10.6 Å². The van der Waals surface area contributed by atoms with E-state index in [9.17, 15) is 19.2 Å². The molecular weight excluding hydrogens is 560 g/mol. The number of benzene rings is 2. The number of nitrogens with one attached hydrogen (secondary N) is 2. The Hall–Kier alpha value is -4.02. The number of ether oxygens (including phenoxy) is 2. The summed E-state index contributed by atoms with van der Waals surface area (Å²) in [6, 6.07) is 14.2. The highest BCUT2D eigenvalue weighted by molar-refractivity contribution is 5.99. The van der Waals surface area contributed by atoms with Crippen LogP contribution < -0.4 is 10.6 Å². The molecule has 0 unspecified atom stereocenters. The molecular formula is C34H40N4O6. The minimum atomic E-state index is -0.467. The van der Waals surface area contributed by atoms with Gasteiger partial charge in [0.1, 0.15) is 24.3 Å². The summed E-state index contributed by atoms with van der Waals surface area (Å²) >= 11 is 0. The predicted octanol–water partition coefficient (Wildman–Crippen LogP) is 4.07. The lowest BCUT2D eigenvalue weighted by Crippen LogP contribution is -2.47. The first-order chi connectivity index (χ1) is 21.5. The van der Waals surface area contributed by atoms with E-state index >= 15 is 0 Å². The third-order valence-corrected chi connectivity index (χ3v) is 8.91. The van der Waals surface area contributed by atoms with Crippen molar-refractivity contribution in [2.24, 2.45) is 0 Å². The molecule has 2 N–H and O–H groups in total. The molecule has 232 valence electrons. The lowest BCUT2D eigenvalue weighted by molar-refractivity contribution is -0.144. The van der Waals surface area contributed by atoms with Crippen molar-refractivity contribution in [2.75, 3.05) is 36.9 Å². The predicted molar refractivity (Wildman–Crippen MR) is 166 cm³/mol. The van der Waals surface area contributed by atoms with Gasteiger partial charge >= 0.3 is 0 Å². The number of hydrogen-bond acceptors (Lipinski definition) is 6. The van der Waals surface area contributed by atoms with E-state index in [-0.39, 0.29) is 23.6 Å². The van der Waals surface area contributed by atoms with Crippen molar-refractivity contribution in [3.63, 3.8) is 0 Å². The van der Waals surface area contributed by atoms with Crippen LogP contribution in [-0.4, -0.2) is 84.0 Å². The van der Waals surface area contributed by atoms with E-state index in [4.69, 9.17) is 9.47 Å². The van der Waals surface area contributed by atoms with Gasteiger partial charge in [0.05, 0.1) is 0 Å². The molecule has 0 bridgehead atoms. The van der Waals surface area contributed by atoms with Gasteiger partial charge in [-0.2, -0.15) is 0 Å². The largest absolute Gasteiger partial charge is 0.368 e. The number of hydrogen-bond donors (Lipinski definition) is 2. The maximum Gasteiger partial charge on any atom is 0.252 e. The molecule has 0 spiro atoms. The molecule has 6 rings (SSSR count). The van der Waals surface area contributed by atoms with Crippen LogP contribution in [0.2, 0.25) is 0 Å². The van der Waals surface area contributed by atoms with Gasteiger partial charge in [0.25, 0.3) is 11.8 Å². The fourth-order valence-electron chi connectivity index (χ4n) is 6.52. The number of carbonyl (C=O) groups excluding carboxylic acids is 4. The quantitative estimate of drug-likeness (QED) is 0.441. The molecule has 4 saturated heterocycles. The molecule has 4 atom stereocenters. The van der Waals surface area contributed by atoms with Crippen LogP contribution in [0.3, 0.4) is 0 Å². The monoisotopic (exact) mass is 600 g/mol. The number of likely N-dealkylation sites (tertiary alicyclic amines) is 2. The molecule has 2 aromatic rings. The van der Waals surface area contributed by atoms with Gasteiger partial charge in [-0.25, -0.2) is 0 Å². The van der Waals surface area contributed by atoms with Gasteiger partial charge in [-0.1, -0.05) is 36.4 Å². The van der Waals surface area contributed by atoms with Crippen molar-refractivity contribution in [1.82, 2.24) is 9.80 Å². The smallest absolute Gasteiger partial charge is 0.252 e. The molecule has 10 nitrogen and oxygen atoms in total. The summed E-state index contributed by atoms with van der Waals surface area (Å²) in [6.45, 7) is 2.38. The maximum atomic E-state index is 13.0. The second-order valence-electron chi connectivity index (χ2n) is 11.9. The number of anilines is 2. The number of rotatable bonds is 8. The molecule has 44 heavy (non-hydrogen) atoms. The molecule has 4 amide bonds. The molecule has 4 fully saturated rings. The second-order valence-corrected chi connectivity index (χ2v) is 11.9. The van der Waals surface area contributed by atoms with Gasteiger partial charge in [0.15, 0.2) is 0 Å². The Kier molecular flexibility index (Phi) is 9.37. The second kappa shape index (κ2) is 13.7. The molecule has 4 heterocycles. The van der Waals surface area contributed by atoms with Crippen LogP contribution in [0.25, 0.3) is 12.2 Å². The van der Waals surface area contributed by atoms with Crippen LogP contribution in [0.4, 0.5) is 11.4 Å². The fourth-order valence-corrected chi connectivity index (χ4v) is 6.52. The van der Waals surface area contributed by atoms with Crippen LogP contribution in [0.1, 0.15) is 62.5 Å². The molecule has 0 aromatic heterocycles. The van der Waals surface area contributed by atoms with Gasteiger partial charge in [-0.15, -0.1) is 0 Å². The van der Waals surface area contributed by atoms with E-state index in [1.807, 2.05) is 60.7 Å². The van der Waals surface area contributed by atoms with Crippen molar-refractivity contribution < 1.29 is 28.7 Å². The Morgan fingerprint density at radius 1 is 0.591 bits per heavy atom. The van der Waals surface area contributed by atoms with Gasteiger partial charge in [-0.3, -0.25) is 19.2 Å². The fraction of sp³-hybridized carbons (Fsp3) is 0.471. The summed E-state index contributed by atoms with van der Waals surface area (Å²) in [5.74, 6) is -0.477. The van der Waals surface area contributed by atoms with E-state index in [1.54, 1.807) is 9.80 Å². The van der Waals surface area contributed by atoms with Crippen LogP contribution in [-0.2, 0) is 28.7 Å². The Morgan fingerprint density at radius 3 is 1.36 bits per heavy atom. The maximum absolute atomic E-state index is 13.0. The lowest BCUT2D eigenvalue weighted by Gasteiger charge is -2.26. The van der Waals surface area contributed by atoms with Crippen molar-refractivity contribution in [3.8, 4) is 0 Å². The average molecular weight is 601 g/mol. The number of amides is 4. The van der Waals surface area contributed by atoms with Crippen molar-refractivity contribution in [3.05, 3.63) is 59.7 Å². The van der Waals surface area contributed by atoms with Gasteiger partial charge in [0, 0.05) is 37.7 Å². The van der Waals surface area contributed by atoms with Crippen molar-refractivity contribution in [1.29, 1.82) is 0 Å². The van der Waals surface area contributed by atoms with E-state index < -0.39 is 24.3 Å². The summed E-state index contributed by atoms with van der Waals surface area (Å²) in [5, 5.41) is 5.93. The van der Waals surface area contributed by atoms with E-state index in [0.717, 1.165) is 49.7 Å². The van der Waals surface area contributed by atoms with E-state index in [1.165, 1.54) is 0 Å². The lowest BCUT2D eigenvalue weighted by atomic mass is 10.1. The summed E-state index contributed by atoms with van der Waals surface area (Å²) < 4.78 is 11.1. The Balaban J connectivity index is 0.993. The van der Waals surface area contributed by atoms with Crippen LogP contribution >= 0.6 is 0 Å². The normalized spacial score (nSPS) is 25.1. The highest BCUT2D eigenvalue weighted by atomic mass is 16.5. The zero-order valence-corrected chi connectivity index (χ0v) is 24.9. The Labute approximate surface area is 257 Å². The van der Waals surface area contributed by atoms with Crippen molar-refractivity contribution >= 4 is 47.2 Å². The number of nitrogens with zero attached hydrogens (tertiary/aromatic N) is 2. The summed E-state index contributed by atoms with van der Waals surface area (Å²) in [4.78, 5) is 55.0. The highest BCUT2D eigenvalue weighted by Crippen LogP contribution is 2.26. The standard InChI is InChI=1S/C34H40N4O6/c39-31(27-5-1-19-37(27)33(41)29-7-3-21-43-29)35-25-15-11-23(12-16-25)9-10-24-13-17-26(18-14-24)36-32(40)28-6-2-20-38(28)34(42)30-8-4-22-44-30/h9-18,27-30H,1-8,19-22H2,(H,35,39)(H,36,40)/b10-9+/t27-,28-,29+,30+/m0/s1. The van der Waals surface area contributed by atoms with Crippen LogP contribution in [0.5, 0.6) is 0 Å². The zero-order valence-electron chi connectivity index (χ0n) is 24.9. The van der Waals surface area contributed by atoms with Crippen LogP contribution in [0, 0.1) is 0 Å². The minimum absolute atomic E-state index is 0.0712. The van der Waals surface area contributed by atoms with Crippen LogP contribution in [0.15, 0.2) is 48.5 Å². The molecule has 2 aromatic carbocycles. The first kappa shape index (κ1) is 30.0. The minimum Gasteiger partial charge on any atom is -0.368 e. The third-order valence-electron chi connectivity index (χ3n) is 8.91. The van der Waals surface area contributed by atoms with E-state index in [0.29, 0.717) is 50.5 Å². The molecule has 10 heteroatoms. The molecule has 0 radical (unpaired) electrons. The topological polar surface area (TPSA) is 117 Å². The molecule has 0 aliphatic carbocycles. The first-order valence-electron chi connectivity index (χ1n) is 15.8. The summed E-state index contributed by atoms with van der Waals surface area (Å²) in [5.41, 5.74) is 3.30. The molecule has 4 aliphatic heterocycles.